The number of thioether (sulfide) groups is 1. The molecule has 21 heavy (non-hydrogen) atoms. The number of hydrogen-bond donors (Lipinski definition) is 1. The second-order valence-electron chi connectivity index (χ2n) is 5.64. The van der Waals surface area contributed by atoms with Gasteiger partial charge in [0.05, 0.1) is 5.75 Å². The largest absolute Gasteiger partial charge is 0.352 e. The number of nitrogens with zero attached hydrogens (tertiary/aromatic N) is 3. The smallest absolute Gasteiger partial charge is 0.230 e. The highest BCUT2D eigenvalue weighted by Crippen LogP contribution is 2.24. The number of nitrogens with one attached hydrogen (secondary N) is 1. The quantitative estimate of drug-likeness (QED) is 0.882. The zero-order valence-corrected chi connectivity index (χ0v) is 13.0. The van der Waals surface area contributed by atoms with Crippen LogP contribution in [0, 0.1) is 5.92 Å². The first-order chi connectivity index (χ1) is 10.2. The van der Waals surface area contributed by atoms with Crippen LogP contribution in [0.2, 0.25) is 0 Å². The molecule has 0 saturated heterocycles. The summed E-state index contributed by atoms with van der Waals surface area (Å²) in [6.07, 6.45) is 6.74. The van der Waals surface area contributed by atoms with Crippen molar-refractivity contribution in [1.29, 1.82) is 0 Å². The maximum atomic E-state index is 12.1. The van der Waals surface area contributed by atoms with E-state index >= 15 is 0 Å². The number of carbonyl (C=O) groups is 1. The van der Waals surface area contributed by atoms with Gasteiger partial charge in [-0.05, 0) is 30.9 Å². The van der Waals surface area contributed by atoms with Gasteiger partial charge in [0, 0.05) is 12.2 Å². The molecule has 1 amide bonds. The highest BCUT2D eigenvalue weighted by molar-refractivity contribution is 7.99. The van der Waals surface area contributed by atoms with Crippen molar-refractivity contribution in [3.63, 3.8) is 0 Å². The van der Waals surface area contributed by atoms with Gasteiger partial charge in [0.2, 0.25) is 5.91 Å². The molecule has 1 N–H and O–H groups in total. The Hall–Kier alpha value is -1.56. The van der Waals surface area contributed by atoms with Gasteiger partial charge in [-0.1, -0.05) is 37.6 Å². The van der Waals surface area contributed by atoms with Crippen molar-refractivity contribution in [2.75, 3.05) is 5.75 Å². The fourth-order valence-electron chi connectivity index (χ4n) is 2.83. The molecule has 1 aliphatic rings. The maximum absolute atomic E-state index is 12.1. The molecule has 0 aliphatic heterocycles. The van der Waals surface area contributed by atoms with Crippen molar-refractivity contribution in [3.8, 4) is 0 Å². The van der Waals surface area contributed by atoms with Gasteiger partial charge in [0.1, 0.15) is 0 Å². The molecule has 2 aromatic heterocycles. The van der Waals surface area contributed by atoms with Gasteiger partial charge in [-0.3, -0.25) is 9.20 Å². The Morgan fingerprint density at radius 2 is 2.24 bits per heavy atom. The Kier molecular flexibility index (Phi) is 4.43. The van der Waals surface area contributed by atoms with Gasteiger partial charge in [0.25, 0.3) is 0 Å². The summed E-state index contributed by atoms with van der Waals surface area (Å²) in [4.78, 5) is 12.1. The number of rotatable bonds is 4. The summed E-state index contributed by atoms with van der Waals surface area (Å²) in [5.41, 5.74) is 0.807. The molecule has 0 aromatic carbocycles. The van der Waals surface area contributed by atoms with E-state index in [9.17, 15) is 4.79 Å². The molecule has 2 atom stereocenters. The van der Waals surface area contributed by atoms with Gasteiger partial charge in [-0.25, -0.2) is 0 Å². The number of amides is 1. The van der Waals surface area contributed by atoms with Crippen LogP contribution in [0.5, 0.6) is 0 Å². The number of fused-ring (bicyclic) bond motifs is 1. The van der Waals surface area contributed by atoms with E-state index in [1.165, 1.54) is 31.0 Å². The number of pyridine rings is 1. The lowest BCUT2D eigenvalue weighted by molar-refractivity contribution is -0.119. The Morgan fingerprint density at radius 3 is 3.10 bits per heavy atom. The van der Waals surface area contributed by atoms with Gasteiger partial charge >= 0.3 is 0 Å². The van der Waals surface area contributed by atoms with Crippen molar-refractivity contribution in [1.82, 2.24) is 19.9 Å². The molecule has 0 radical (unpaired) electrons. The van der Waals surface area contributed by atoms with Crippen LogP contribution in [-0.4, -0.2) is 32.3 Å². The van der Waals surface area contributed by atoms with E-state index in [4.69, 9.17) is 0 Å². The molecule has 1 saturated carbocycles. The average molecular weight is 304 g/mol. The maximum Gasteiger partial charge on any atom is 0.230 e. The van der Waals surface area contributed by atoms with Crippen LogP contribution in [-0.2, 0) is 4.79 Å². The van der Waals surface area contributed by atoms with Crippen LogP contribution < -0.4 is 5.32 Å². The van der Waals surface area contributed by atoms with Crippen LogP contribution in [0.15, 0.2) is 29.6 Å². The van der Waals surface area contributed by atoms with E-state index < -0.39 is 0 Å². The molecule has 0 unspecified atom stereocenters. The fraction of sp³-hybridized carbons (Fsp3) is 0.533. The summed E-state index contributed by atoms with van der Waals surface area (Å²) in [6.45, 7) is 2.23. The molecule has 1 aliphatic carbocycles. The lowest BCUT2D eigenvalue weighted by Crippen LogP contribution is -2.41. The Bertz CT molecular complexity index is 627. The fourth-order valence-corrected chi connectivity index (χ4v) is 3.56. The molecule has 3 rings (SSSR count). The minimum absolute atomic E-state index is 0.0893. The molecule has 2 heterocycles. The summed E-state index contributed by atoms with van der Waals surface area (Å²) in [6, 6.07) is 6.10. The average Bonchev–Trinajstić information content (AvgIpc) is 2.91. The van der Waals surface area contributed by atoms with Crippen LogP contribution in [0.1, 0.15) is 32.6 Å². The third-order valence-corrected chi connectivity index (χ3v) is 5.02. The molecule has 6 heteroatoms. The molecular weight excluding hydrogens is 284 g/mol. The van der Waals surface area contributed by atoms with Crippen molar-refractivity contribution in [2.45, 2.75) is 43.8 Å². The highest BCUT2D eigenvalue weighted by atomic mass is 32.2. The zero-order chi connectivity index (χ0) is 14.7. The first-order valence-electron chi connectivity index (χ1n) is 7.46. The van der Waals surface area contributed by atoms with E-state index in [0.29, 0.717) is 17.7 Å². The predicted octanol–water partition coefficient (Wildman–Crippen LogP) is 2.52. The van der Waals surface area contributed by atoms with E-state index in [2.05, 4.69) is 22.4 Å². The second kappa shape index (κ2) is 6.47. The van der Waals surface area contributed by atoms with Crippen LogP contribution in [0.25, 0.3) is 5.65 Å². The van der Waals surface area contributed by atoms with Gasteiger partial charge in [0.15, 0.2) is 10.8 Å². The summed E-state index contributed by atoms with van der Waals surface area (Å²) in [5, 5.41) is 12.1. The summed E-state index contributed by atoms with van der Waals surface area (Å²) >= 11 is 1.43. The highest BCUT2D eigenvalue weighted by Gasteiger charge is 2.22. The van der Waals surface area contributed by atoms with Crippen LogP contribution in [0.3, 0.4) is 0 Å². The predicted molar refractivity (Wildman–Crippen MR) is 83.3 cm³/mol. The SMILES string of the molecule is C[C@H]1CCCC[C@H]1NC(=O)CSc1nnc2ccccn12. The Morgan fingerprint density at radius 1 is 1.38 bits per heavy atom. The van der Waals surface area contributed by atoms with E-state index in [0.717, 1.165) is 17.2 Å². The van der Waals surface area contributed by atoms with E-state index in [-0.39, 0.29) is 5.91 Å². The molecular formula is C15H20N4OS. The van der Waals surface area contributed by atoms with Crippen molar-refractivity contribution < 1.29 is 4.79 Å². The second-order valence-corrected chi connectivity index (χ2v) is 6.58. The van der Waals surface area contributed by atoms with Crippen molar-refractivity contribution in [2.24, 2.45) is 5.92 Å². The summed E-state index contributed by atoms with van der Waals surface area (Å²) in [5.74, 6) is 1.06. The van der Waals surface area contributed by atoms with E-state index in [1.54, 1.807) is 0 Å². The molecule has 1 fully saturated rings. The third kappa shape index (κ3) is 3.37. The molecule has 0 spiro atoms. The topological polar surface area (TPSA) is 59.3 Å². The van der Waals surface area contributed by atoms with E-state index in [1.807, 2.05) is 28.8 Å². The third-order valence-electron chi connectivity index (χ3n) is 4.07. The Balaban J connectivity index is 1.56. The number of aromatic nitrogens is 3. The first-order valence-corrected chi connectivity index (χ1v) is 8.44. The summed E-state index contributed by atoms with van der Waals surface area (Å²) in [7, 11) is 0. The van der Waals surface area contributed by atoms with Gasteiger partial charge in [-0.15, -0.1) is 10.2 Å². The monoisotopic (exact) mass is 304 g/mol. The van der Waals surface area contributed by atoms with Gasteiger partial charge in [-0.2, -0.15) is 0 Å². The zero-order valence-electron chi connectivity index (χ0n) is 12.2. The van der Waals surface area contributed by atoms with Crippen molar-refractivity contribution in [3.05, 3.63) is 24.4 Å². The number of carbonyl (C=O) groups excluding carboxylic acids is 1. The minimum atomic E-state index is 0.0893. The molecule has 0 bridgehead atoms. The lowest BCUT2D eigenvalue weighted by Gasteiger charge is -2.29. The standard InChI is InChI=1S/C15H20N4OS/c1-11-6-2-3-7-12(11)16-14(20)10-21-15-18-17-13-8-4-5-9-19(13)15/h4-5,8-9,11-12H,2-3,6-7,10H2,1H3,(H,16,20)/t11-,12+/m0/s1. The Labute approximate surface area is 128 Å². The molecule has 112 valence electrons. The van der Waals surface area contributed by atoms with Crippen LogP contribution in [0.4, 0.5) is 0 Å². The first kappa shape index (κ1) is 14.4. The molecule has 5 nitrogen and oxygen atoms in total. The van der Waals surface area contributed by atoms with Gasteiger partial charge < -0.3 is 5.32 Å². The van der Waals surface area contributed by atoms with Crippen molar-refractivity contribution >= 4 is 23.3 Å². The normalized spacial score (nSPS) is 22.3. The summed E-state index contributed by atoms with van der Waals surface area (Å²) < 4.78 is 1.90. The minimum Gasteiger partial charge on any atom is -0.352 e. The lowest BCUT2D eigenvalue weighted by atomic mass is 9.86. The number of hydrogen-bond acceptors (Lipinski definition) is 4. The molecule has 2 aromatic rings. The van der Waals surface area contributed by atoms with Crippen LogP contribution >= 0.6 is 11.8 Å².